The molecule has 5 heterocycles. The first-order valence-corrected chi connectivity index (χ1v) is 12.6. The number of rotatable bonds is 5. The van der Waals surface area contributed by atoms with Crippen LogP contribution in [0.1, 0.15) is 24.3 Å². The number of carbonyl (C=O) groups excluding carboxylic acids is 1. The molecule has 9 nitrogen and oxygen atoms in total. The molecule has 4 aromatic rings. The Kier molecular flexibility index (Phi) is 5.42. The zero-order valence-corrected chi connectivity index (χ0v) is 20.2. The monoisotopic (exact) mass is 495 g/mol. The van der Waals surface area contributed by atoms with E-state index in [4.69, 9.17) is 0 Å². The third-order valence-corrected chi connectivity index (χ3v) is 8.25. The van der Waals surface area contributed by atoms with Crippen LogP contribution in [0.2, 0.25) is 0 Å². The largest absolute Gasteiger partial charge is 0.383 e. The first-order valence-electron chi connectivity index (χ1n) is 11.7. The second-order valence-electron chi connectivity index (χ2n) is 9.45. The predicted octanol–water partition coefficient (Wildman–Crippen LogP) is 2.83. The van der Waals surface area contributed by atoms with E-state index in [0.717, 1.165) is 43.9 Å². The number of halogens is 1. The van der Waals surface area contributed by atoms with E-state index in [1.807, 2.05) is 17.2 Å². The number of likely N-dealkylation sites (N-methyl/N-ethyl adjacent to an activating group) is 1. The minimum absolute atomic E-state index is 0.0459. The normalized spacial score (nSPS) is 18.2. The molecule has 0 aromatic carbocycles. The molecule has 2 aliphatic rings. The second-order valence-corrected chi connectivity index (χ2v) is 10.5. The average molecular weight is 496 g/mol. The number of piperazine rings is 1. The van der Waals surface area contributed by atoms with E-state index in [2.05, 4.69) is 32.0 Å². The maximum absolute atomic E-state index is 14.9. The number of aromatic amines is 1. The third-order valence-electron chi connectivity index (χ3n) is 7.04. The lowest BCUT2D eigenvalue weighted by Crippen LogP contribution is -2.48. The molecule has 1 saturated carbocycles. The van der Waals surface area contributed by atoms with Gasteiger partial charge in [-0.2, -0.15) is 5.10 Å². The Bertz CT molecular complexity index is 1400. The molecule has 2 fully saturated rings. The Morgan fingerprint density at radius 3 is 2.74 bits per heavy atom. The van der Waals surface area contributed by atoms with Crippen LogP contribution in [0.5, 0.6) is 0 Å². The minimum Gasteiger partial charge on any atom is -0.383 e. The van der Waals surface area contributed by atoms with Gasteiger partial charge in [-0.05, 0) is 32.4 Å². The molecule has 0 atom stereocenters. The number of fused-ring (bicyclic) bond motifs is 1. The zero-order chi connectivity index (χ0) is 24.2. The van der Waals surface area contributed by atoms with Crippen molar-refractivity contribution in [2.45, 2.75) is 31.4 Å². The summed E-state index contributed by atoms with van der Waals surface area (Å²) in [5.74, 6) is -0.392. The molecule has 1 aliphatic heterocycles. The second kappa shape index (κ2) is 8.51. The molecule has 1 amide bonds. The molecule has 11 heteroatoms. The first kappa shape index (κ1) is 22.3. The van der Waals surface area contributed by atoms with Gasteiger partial charge in [0.05, 0.1) is 23.0 Å². The highest BCUT2D eigenvalue weighted by Crippen LogP contribution is 2.45. The lowest BCUT2D eigenvalue weighted by atomic mass is 9.81. The number of nitrogens with zero attached hydrogens (tertiary/aromatic N) is 6. The number of carbonyl (C=O) groups is 1. The maximum Gasteiger partial charge on any atom is 0.244 e. The maximum atomic E-state index is 14.9. The van der Waals surface area contributed by atoms with Crippen molar-refractivity contribution in [3.8, 4) is 21.7 Å². The Labute approximate surface area is 205 Å². The van der Waals surface area contributed by atoms with Crippen molar-refractivity contribution in [2.24, 2.45) is 0 Å². The van der Waals surface area contributed by atoms with Crippen molar-refractivity contribution in [1.82, 2.24) is 34.5 Å². The first-order chi connectivity index (χ1) is 16.9. The molecular weight excluding hydrogens is 469 g/mol. The zero-order valence-electron chi connectivity index (χ0n) is 19.4. The molecule has 0 spiro atoms. The van der Waals surface area contributed by atoms with Crippen LogP contribution in [0.4, 0.5) is 4.39 Å². The van der Waals surface area contributed by atoms with Gasteiger partial charge in [-0.25, -0.2) is 14.4 Å². The van der Waals surface area contributed by atoms with Gasteiger partial charge in [0.15, 0.2) is 5.82 Å². The predicted molar refractivity (Wildman–Crippen MR) is 130 cm³/mol. The van der Waals surface area contributed by atoms with E-state index in [1.54, 1.807) is 17.1 Å². The van der Waals surface area contributed by atoms with E-state index < -0.39 is 11.4 Å². The molecule has 1 aliphatic carbocycles. The molecular formula is C24H26FN7O2S. The van der Waals surface area contributed by atoms with Gasteiger partial charge < -0.3 is 19.9 Å². The van der Waals surface area contributed by atoms with Crippen LogP contribution < -0.4 is 0 Å². The summed E-state index contributed by atoms with van der Waals surface area (Å²) >= 11 is 1.32. The van der Waals surface area contributed by atoms with Gasteiger partial charge in [-0.15, -0.1) is 11.3 Å². The summed E-state index contributed by atoms with van der Waals surface area (Å²) in [6, 6.07) is 1.85. The van der Waals surface area contributed by atoms with E-state index >= 15 is 0 Å². The summed E-state index contributed by atoms with van der Waals surface area (Å²) in [6.45, 7) is 3.37. The van der Waals surface area contributed by atoms with E-state index in [1.165, 1.54) is 17.5 Å². The van der Waals surface area contributed by atoms with Crippen LogP contribution in [0.25, 0.3) is 32.7 Å². The van der Waals surface area contributed by atoms with Gasteiger partial charge in [0.25, 0.3) is 0 Å². The minimum atomic E-state index is -0.884. The van der Waals surface area contributed by atoms with Crippen LogP contribution in [0.15, 0.2) is 30.9 Å². The molecule has 35 heavy (non-hydrogen) atoms. The van der Waals surface area contributed by atoms with Crippen molar-refractivity contribution < 1.29 is 14.3 Å². The lowest BCUT2D eigenvalue weighted by molar-refractivity contribution is -0.133. The number of aliphatic hydroxyl groups is 1. The topological polar surface area (TPSA) is 103 Å². The summed E-state index contributed by atoms with van der Waals surface area (Å²) in [7, 11) is 2.05. The lowest BCUT2D eigenvalue weighted by Gasteiger charge is -2.34. The Hall–Kier alpha value is -3.15. The SMILES string of the molecule is CN1CCN(C(=O)Cn2cc(-c3cc4c(-c5cnc(C6(O)CCC6)s5)c(F)cnc4[nH]3)cn2)CC1. The molecule has 0 bridgehead atoms. The molecule has 2 N–H and O–H groups in total. The van der Waals surface area contributed by atoms with Crippen LogP contribution >= 0.6 is 11.3 Å². The van der Waals surface area contributed by atoms with E-state index in [-0.39, 0.29) is 12.5 Å². The Morgan fingerprint density at radius 2 is 2.00 bits per heavy atom. The number of aromatic nitrogens is 5. The third kappa shape index (κ3) is 4.03. The number of pyridine rings is 1. The van der Waals surface area contributed by atoms with Crippen molar-refractivity contribution in [3.63, 3.8) is 0 Å². The molecule has 0 unspecified atom stereocenters. The van der Waals surface area contributed by atoms with Gasteiger partial charge in [0.1, 0.15) is 22.8 Å². The number of hydrogen-bond donors (Lipinski definition) is 2. The number of nitrogens with one attached hydrogen (secondary N) is 1. The summed E-state index contributed by atoms with van der Waals surface area (Å²) in [5.41, 5.74) is 1.61. The fourth-order valence-corrected chi connectivity index (χ4v) is 5.79. The fraction of sp³-hybridized carbons (Fsp3) is 0.417. The van der Waals surface area contributed by atoms with Gasteiger partial charge >= 0.3 is 0 Å². The van der Waals surface area contributed by atoms with Gasteiger partial charge in [0.2, 0.25) is 5.91 Å². The summed E-state index contributed by atoms with van der Waals surface area (Å²) in [5, 5.41) is 16.3. The highest BCUT2D eigenvalue weighted by molar-refractivity contribution is 7.15. The quantitative estimate of drug-likeness (QED) is 0.441. The van der Waals surface area contributed by atoms with Crippen LogP contribution in [-0.4, -0.2) is 78.8 Å². The molecule has 182 valence electrons. The summed E-state index contributed by atoms with van der Waals surface area (Å²) in [6.07, 6.45) is 8.67. The number of thiazole rings is 1. The highest BCUT2D eigenvalue weighted by atomic mass is 32.1. The molecule has 4 aromatic heterocycles. The molecule has 1 saturated heterocycles. The standard InChI is InChI=1S/C24H26FN7O2S/c1-30-5-7-31(8-6-30)20(33)14-32-13-15(10-28-32)18-9-16-21(17(25)11-26-22(16)29-18)19-12-27-23(35-19)24(34)3-2-4-24/h9-13,34H,2-8,14H2,1H3,(H,26,29). The summed E-state index contributed by atoms with van der Waals surface area (Å²) in [4.78, 5) is 29.3. The van der Waals surface area contributed by atoms with Crippen molar-refractivity contribution in [2.75, 3.05) is 33.2 Å². The van der Waals surface area contributed by atoms with Gasteiger partial charge in [-0.1, -0.05) is 0 Å². The fourth-order valence-electron chi connectivity index (χ4n) is 4.67. The van der Waals surface area contributed by atoms with Crippen LogP contribution in [0, 0.1) is 5.82 Å². The van der Waals surface area contributed by atoms with Gasteiger partial charge in [0, 0.05) is 55.1 Å². The molecule has 6 rings (SSSR count). The Morgan fingerprint density at radius 1 is 1.20 bits per heavy atom. The van der Waals surface area contributed by atoms with Crippen LogP contribution in [0.3, 0.4) is 0 Å². The number of H-pyrrole nitrogens is 1. The Balaban J connectivity index is 1.26. The smallest absolute Gasteiger partial charge is 0.244 e. The average Bonchev–Trinajstić information content (AvgIpc) is 3.57. The van der Waals surface area contributed by atoms with Crippen LogP contribution in [-0.2, 0) is 16.9 Å². The van der Waals surface area contributed by atoms with Gasteiger partial charge in [-0.3, -0.25) is 9.48 Å². The molecule has 0 radical (unpaired) electrons. The van der Waals surface area contributed by atoms with Crippen molar-refractivity contribution in [1.29, 1.82) is 0 Å². The number of hydrogen-bond acceptors (Lipinski definition) is 7. The van der Waals surface area contributed by atoms with Crippen molar-refractivity contribution >= 4 is 28.3 Å². The summed E-state index contributed by atoms with van der Waals surface area (Å²) < 4.78 is 16.6. The van der Waals surface area contributed by atoms with E-state index in [9.17, 15) is 14.3 Å². The highest BCUT2D eigenvalue weighted by Gasteiger charge is 2.39. The number of amides is 1. The van der Waals surface area contributed by atoms with Crippen molar-refractivity contribution in [3.05, 3.63) is 41.7 Å². The van der Waals surface area contributed by atoms with E-state index in [0.29, 0.717) is 39.3 Å².